The molecular formula is C21H20N2O5. The number of hydrogen-bond acceptors (Lipinski definition) is 5. The van der Waals surface area contributed by atoms with Crippen LogP contribution in [0.2, 0.25) is 0 Å². The quantitative estimate of drug-likeness (QED) is 0.678. The van der Waals surface area contributed by atoms with E-state index in [-0.39, 0.29) is 5.76 Å². The third kappa shape index (κ3) is 3.55. The number of fused-ring (bicyclic) bond motifs is 3. The van der Waals surface area contributed by atoms with E-state index in [1.54, 1.807) is 12.1 Å². The van der Waals surface area contributed by atoms with E-state index in [2.05, 4.69) is 17.2 Å². The van der Waals surface area contributed by atoms with Crippen LogP contribution in [0, 0.1) is 5.92 Å². The van der Waals surface area contributed by atoms with Crippen molar-refractivity contribution in [2.45, 2.75) is 26.2 Å². The Morgan fingerprint density at radius 1 is 1.29 bits per heavy atom. The fourth-order valence-electron chi connectivity index (χ4n) is 3.56. The lowest BCUT2D eigenvalue weighted by Crippen LogP contribution is -2.33. The number of carbonyl (C=O) groups excluding carboxylic acids is 3. The third-order valence-corrected chi connectivity index (χ3v) is 5.00. The first-order chi connectivity index (χ1) is 13.5. The van der Waals surface area contributed by atoms with Gasteiger partial charge in [-0.15, -0.1) is 0 Å². The Bertz CT molecular complexity index is 1050. The molecule has 0 saturated heterocycles. The van der Waals surface area contributed by atoms with E-state index in [0.717, 1.165) is 30.2 Å². The average Bonchev–Trinajstić information content (AvgIpc) is 3.33. The van der Waals surface area contributed by atoms with Gasteiger partial charge < -0.3 is 14.1 Å². The number of aromatic amines is 1. The molecule has 3 aromatic rings. The topological polar surface area (TPSA) is 101 Å². The van der Waals surface area contributed by atoms with Crippen molar-refractivity contribution in [2.75, 3.05) is 6.61 Å². The van der Waals surface area contributed by atoms with Crippen LogP contribution in [0.1, 0.15) is 45.5 Å². The first-order valence-electron chi connectivity index (χ1n) is 9.19. The summed E-state index contributed by atoms with van der Waals surface area (Å²) in [6.45, 7) is 1.67. The van der Waals surface area contributed by atoms with Crippen molar-refractivity contribution in [3.63, 3.8) is 0 Å². The molecule has 1 aliphatic carbocycles. The van der Waals surface area contributed by atoms with Crippen molar-refractivity contribution in [3.05, 3.63) is 59.2 Å². The highest BCUT2D eigenvalue weighted by atomic mass is 16.5. The van der Waals surface area contributed by atoms with Crippen LogP contribution in [0.15, 0.2) is 41.0 Å². The van der Waals surface area contributed by atoms with Crippen molar-refractivity contribution in [2.24, 2.45) is 5.92 Å². The van der Waals surface area contributed by atoms with Crippen molar-refractivity contribution in [1.29, 1.82) is 0 Å². The van der Waals surface area contributed by atoms with Crippen LogP contribution < -0.4 is 5.32 Å². The molecule has 1 aromatic carbocycles. The molecule has 7 heteroatoms. The van der Waals surface area contributed by atoms with Crippen LogP contribution in [-0.4, -0.2) is 29.4 Å². The summed E-state index contributed by atoms with van der Waals surface area (Å²) in [5, 5.41) is 3.13. The average molecular weight is 380 g/mol. The van der Waals surface area contributed by atoms with E-state index in [9.17, 15) is 14.4 Å². The number of benzene rings is 1. The smallest absolute Gasteiger partial charge is 0.338 e. The third-order valence-electron chi connectivity index (χ3n) is 5.00. The summed E-state index contributed by atoms with van der Waals surface area (Å²) in [6, 6.07) is 8.30. The Morgan fingerprint density at radius 2 is 2.14 bits per heavy atom. The van der Waals surface area contributed by atoms with Gasteiger partial charge in [-0.25, -0.2) is 4.79 Å². The maximum Gasteiger partial charge on any atom is 0.338 e. The van der Waals surface area contributed by atoms with E-state index < -0.39 is 24.4 Å². The number of ether oxygens (including phenoxy) is 1. The second kappa shape index (κ2) is 7.34. The molecule has 0 aliphatic heterocycles. The van der Waals surface area contributed by atoms with Gasteiger partial charge in [0.1, 0.15) is 0 Å². The number of aromatic nitrogens is 1. The summed E-state index contributed by atoms with van der Waals surface area (Å²) in [7, 11) is 0. The van der Waals surface area contributed by atoms with Crippen LogP contribution in [0.25, 0.3) is 10.9 Å². The molecule has 1 atom stereocenters. The predicted molar refractivity (Wildman–Crippen MR) is 101 cm³/mol. The van der Waals surface area contributed by atoms with Crippen LogP contribution in [0.3, 0.4) is 0 Å². The minimum Gasteiger partial charge on any atom is -0.459 e. The Morgan fingerprint density at radius 3 is 2.93 bits per heavy atom. The lowest BCUT2D eigenvalue weighted by atomic mass is 9.87. The molecule has 0 fully saturated rings. The number of esters is 1. The normalized spacial score (nSPS) is 15.8. The predicted octanol–water partition coefficient (Wildman–Crippen LogP) is 3.00. The van der Waals surface area contributed by atoms with Crippen molar-refractivity contribution < 1.29 is 23.5 Å². The number of nitrogens with one attached hydrogen (secondary N) is 2. The number of carbonyl (C=O) groups is 3. The highest BCUT2D eigenvalue weighted by Crippen LogP contribution is 2.32. The summed E-state index contributed by atoms with van der Waals surface area (Å²) in [5.74, 6) is -1.39. The molecule has 2 heterocycles. The summed E-state index contributed by atoms with van der Waals surface area (Å²) >= 11 is 0. The first-order valence-corrected chi connectivity index (χ1v) is 9.19. The molecule has 0 bridgehead atoms. The second-order valence-electron chi connectivity index (χ2n) is 7.12. The molecule has 28 heavy (non-hydrogen) atoms. The van der Waals surface area contributed by atoms with Crippen molar-refractivity contribution in [1.82, 2.24) is 10.3 Å². The zero-order valence-electron chi connectivity index (χ0n) is 15.4. The largest absolute Gasteiger partial charge is 0.459 e. The van der Waals surface area contributed by atoms with Gasteiger partial charge in [0.15, 0.2) is 12.4 Å². The molecule has 2 aromatic heterocycles. The van der Waals surface area contributed by atoms with Crippen LogP contribution >= 0.6 is 0 Å². The fraction of sp³-hybridized carbons (Fsp3) is 0.286. The summed E-state index contributed by atoms with van der Waals surface area (Å²) in [5.41, 5.74) is 3.86. The standard InChI is InChI=1S/C21H20N2O5/c1-12-4-6-16-14(9-12)15-10-13(5-7-17(15)22-16)21(26)28-11-19(24)23-20(25)18-3-2-8-27-18/h2-3,5,7-8,10,12,22H,4,6,9,11H2,1H3,(H,23,24,25). The summed E-state index contributed by atoms with van der Waals surface area (Å²) < 4.78 is 9.96. The highest BCUT2D eigenvalue weighted by molar-refractivity contribution is 6.04. The molecule has 0 radical (unpaired) electrons. The second-order valence-corrected chi connectivity index (χ2v) is 7.12. The minimum atomic E-state index is -0.719. The zero-order chi connectivity index (χ0) is 19.7. The van der Waals surface area contributed by atoms with Crippen LogP contribution in [-0.2, 0) is 22.4 Å². The molecule has 2 N–H and O–H groups in total. The van der Waals surface area contributed by atoms with Crippen molar-refractivity contribution >= 4 is 28.7 Å². The van der Waals surface area contributed by atoms with E-state index in [0.29, 0.717) is 11.5 Å². The van der Waals surface area contributed by atoms with Gasteiger partial charge in [0.05, 0.1) is 11.8 Å². The van der Waals surface area contributed by atoms with Gasteiger partial charge >= 0.3 is 5.97 Å². The molecule has 2 amide bonds. The Hall–Kier alpha value is -3.35. The van der Waals surface area contributed by atoms with E-state index in [1.165, 1.54) is 29.7 Å². The molecule has 1 aliphatic rings. The molecule has 1 unspecified atom stereocenters. The van der Waals surface area contributed by atoms with Gasteiger partial charge in [0.2, 0.25) is 0 Å². The van der Waals surface area contributed by atoms with E-state index in [4.69, 9.17) is 9.15 Å². The number of hydrogen-bond donors (Lipinski definition) is 2. The summed E-state index contributed by atoms with van der Waals surface area (Å²) in [4.78, 5) is 39.3. The van der Waals surface area contributed by atoms with Crippen LogP contribution in [0.5, 0.6) is 0 Å². The molecule has 4 rings (SSSR count). The van der Waals surface area contributed by atoms with E-state index >= 15 is 0 Å². The van der Waals surface area contributed by atoms with Gasteiger partial charge in [0, 0.05) is 16.6 Å². The maximum atomic E-state index is 12.3. The van der Waals surface area contributed by atoms with Gasteiger partial charge in [-0.05, 0) is 61.1 Å². The molecule has 7 nitrogen and oxygen atoms in total. The van der Waals surface area contributed by atoms with Crippen LogP contribution in [0.4, 0.5) is 0 Å². The molecular weight excluding hydrogens is 360 g/mol. The minimum absolute atomic E-state index is 0.0107. The number of furan rings is 1. The number of aryl methyl sites for hydroxylation is 1. The number of imide groups is 1. The first kappa shape index (κ1) is 18.0. The Labute approximate surface area is 161 Å². The highest BCUT2D eigenvalue weighted by Gasteiger charge is 2.21. The molecule has 0 saturated carbocycles. The maximum absolute atomic E-state index is 12.3. The molecule has 0 spiro atoms. The van der Waals surface area contributed by atoms with Crippen molar-refractivity contribution in [3.8, 4) is 0 Å². The summed E-state index contributed by atoms with van der Waals surface area (Å²) in [6.07, 6.45) is 4.47. The number of rotatable bonds is 4. The number of amides is 2. The SMILES string of the molecule is CC1CCc2[nH]c3ccc(C(=O)OCC(=O)NC(=O)c4ccco4)cc3c2C1. The van der Waals surface area contributed by atoms with Gasteiger partial charge in [0.25, 0.3) is 11.8 Å². The Kier molecular flexibility index (Phi) is 4.73. The lowest BCUT2D eigenvalue weighted by molar-refractivity contribution is -0.123. The van der Waals surface area contributed by atoms with Gasteiger partial charge in [-0.2, -0.15) is 0 Å². The van der Waals surface area contributed by atoms with E-state index in [1.807, 2.05) is 6.07 Å². The van der Waals surface area contributed by atoms with Gasteiger partial charge in [-0.1, -0.05) is 6.92 Å². The number of H-pyrrole nitrogens is 1. The molecule has 144 valence electrons. The Balaban J connectivity index is 1.42. The zero-order valence-corrected chi connectivity index (χ0v) is 15.4. The lowest BCUT2D eigenvalue weighted by Gasteiger charge is -2.18. The monoisotopic (exact) mass is 380 g/mol. The van der Waals surface area contributed by atoms with Gasteiger partial charge in [-0.3, -0.25) is 14.9 Å². The fourth-order valence-corrected chi connectivity index (χ4v) is 3.56.